The molecule has 4 rings (SSSR count). The summed E-state index contributed by atoms with van der Waals surface area (Å²) in [5.41, 5.74) is 5.21. The molecule has 0 N–H and O–H groups in total. The summed E-state index contributed by atoms with van der Waals surface area (Å²) in [6, 6.07) is 29.8. The van der Waals surface area contributed by atoms with E-state index in [2.05, 4.69) is 89.5 Å². The number of hydrogen-bond acceptors (Lipinski definition) is 2. The summed E-state index contributed by atoms with van der Waals surface area (Å²) in [6.45, 7) is 5.91. The summed E-state index contributed by atoms with van der Waals surface area (Å²) in [5.74, 6) is 0.928. The van der Waals surface area contributed by atoms with Crippen molar-refractivity contribution < 1.29 is 4.79 Å². The second-order valence-corrected chi connectivity index (χ2v) is 9.13. The van der Waals surface area contributed by atoms with Crippen molar-refractivity contribution in [2.24, 2.45) is 5.92 Å². The molecule has 3 aromatic carbocycles. The first-order valence-electron chi connectivity index (χ1n) is 11.8. The fourth-order valence-corrected chi connectivity index (χ4v) is 4.59. The zero-order chi connectivity index (χ0) is 22.2. The molecular weight excluding hydrogens is 392 g/mol. The Morgan fingerprint density at radius 2 is 1.31 bits per heavy atom. The average molecular weight is 427 g/mol. The van der Waals surface area contributed by atoms with E-state index < -0.39 is 0 Å². The third kappa shape index (κ3) is 6.54. The second kappa shape index (κ2) is 11.1. The lowest BCUT2D eigenvalue weighted by Gasteiger charge is -2.34. The Balaban J connectivity index is 1.32. The summed E-state index contributed by atoms with van der Waals surface area (Å²) >= 11 is 0. The Morgan fingerprint density at radius 3 is 1.84 bits per heavy atom. The fraction of sp³-hybridized carbons (Fsp3) is 0.345. The van der Waals surface area contributed by atoms with Gasteiger partial charge >= 0.3 is 0 Å². The molecule has 0 spiro atoms. The van der Waals surface area contributed by atoms with E-state index >= 15 is 0 Å². The van der Waals surface area contributed by atoms with E-state index in [1.165, 1.54) is 22.3 Å². The molecule has 1 amide bonds. The van der Waals surface area contributed by atoms with Crippen LogP contribution in [0.15, 0.2) is 84.9 Å². The first-order chi connectivity index (χ1) is 15.7. The normalized spacial score (nSPS) is 14.6. The Morgan fingerprint density at radius 1 is 0.781 bits per heavy atom. The van der Waals surface area contributed by atoms with Gasteiger partial charge in [0.15, 0.2) is 0 Å². The molecule has 1 aliphatic heterocycles. The van der Waals surface area contributed by atoms with Crippen molar-refractivity contribution in [1.29, 1.82) is 0 Å². The fourth-order valence-electron chi connectivity index (χ4n) is 4.59. The van der Waals surface area contributed by atoms with Gasteiger partial charge in [-0.05, 0) is 48.8 Å². The van der Waals surface area contributed by atoms with Crippen LogP contribution in [0.1, 0.15) is 35.1 Å². The van der Waals surface area contributed by atoms with E-state index in [1.807, 2.05) is 12.1 Å². The van der Waals surface area contributed by atoms with E-state index in [0.717, 1.165) is 45.4 Å². The van der Waals surface area contributed by atoms with E-state index in [-0.39, 0.29) is 5.91 Å². The highest BCUT2D eigenvalue weighted by atomic mass is 16.2. The highest BCUT2D eigenvalue weighted by molar-refractivity contribution is 5.78. The van der Waals surface area contributed by atoms with Gasteiger partial charge in [0, 0.05) is 26.2 Å². The SMILES string of the molecule is Cc1ccc(CC2CCN(C(=O)CN(Cc3ccccc3)Cc3ccccc3)CC2)cc1. The molecule has 0 aliphatic carbocycles. The molecule has 3 nitrogen and oxygen atoms in total. The highest BCUT2D eigenvalue weighted by Crippen LogP contribution is 2.22. The standard InChI is InChI=1S/C29H34N2O/c1-24-12-14-25(15-13-24)20-26-16-18-31(19-17-26)29(32)23-30(21-27-8-4-2-5-9-27)22-28-10-6-3-7-11-28/h2-15,26H,16-23H2,1H3. The van der Waals surface area contributed by atoms with Crippen LogP contribution in [-0.4, -0.2) is 35.3 Å². The summed E-state index contributed by atoms with van der Waals surface area (Å²) < 4.78 is 0. The van der Waals surface area contributed by atoms with Crippen molar-refractivity contribution in [3.63, 3.8) is 0 Å². The van der Waals surface area contributed by atoms with Crippen molar-refractivity contribution >= 4 is 5.91 Å². The monoisotopic (exact) mass is 426 g/mol. The van der Waals surface area contributed by atoms with Crippen LogP contribution < -0.4 is 0 Å². The van der Waals surface area contributed by atoms with Crippen LogP contribution in [0.5, 0.6) is 0 Å². The van der Waals surface area contributed by atoms with E-state index in [4.69, 9.17) is 0 Å². The largest absolute Gasteiger partial charge is 0.342 e. The van der Waals surface area contributed by atoms with Crippen LogP contribution in [0.3, 0.4) is 0 Å². The van der Waals surface area contributed by atoms with Crippen molar-refractivity contribution in [3.8, 4) is 0 Å². The van der Waals surface area contributed by atoms with Crippen LogP contribution in [0.2, 0.25) is 0 Å². The number of rotatable bonds is 8. The molecule has 166 valence electrons. The van der Waals surface area contributed by atoms with Gasteiger partial charge in [-0.3, -0.25) is 9.69 Å². The maximum atomic E-state index is 13.2. The lowest BCUT2D eigenvalue weighted by atomic mass is 9.90. The molecule has 0 aromatic heterocycles. The van der Waals surface area contributed by atoms with Crippen LogP contribution in [0.25, 0.3) is 0 Å². The summed E-state index contributed by atoms with van der Waals surface area (Å²) in [4.78, 5) is 17.5. The number of carbonyl (C=O) groups excluding carboxylic acids is 1. The lowest BCUT2D eigenvalue weighted by Crippen LogP contribution is -2.44. The maximum absolute atomic E-state index is 13.2. The van der Waals surface area contributed by atoms with Gasteiger partial charge in [0.1, 0.15) is 0 Å². The quantitative estimate of drug-likeness (QED) is 0.476. The number of aryl methyl sites for hydroxylation is 1. The van der Waals surface area contributed by atoms with Gasteiger partial charge in [0.25, 0.3) is 0 Å². The second-order valence-electron chi connectivity index (χ2n) is 9.13. The van der Waals surface area contributed by atoms with Gasteiger partial charge in [-0.1, -0.05) is 90.5 Å². The molecule has 0 radical (unpaired) electrons. The van der Waals surface area contributed by atoms with Crippen molar-refractivity contribution in [2.75, 3.05) is 19.6 Å². The number of nitrogens with zero attached hydrogens (tertiary/aromatic N) is 2. The average Bonchev–Trinajstić information content (AvgIpc) is 2.82. The van der Waals surface area contributed by atoms with E-state index in [0.29, 0.717) is 12.5 Å². The minimum Gasteiger partial charge on any atom is -0.342 e. The third-order valence-electron chi connectivity index (χ3n) is 6.47. The Hall–Kier alpha value is -2.91. The number of hydrogen-bond donors (Lipinski definition) is 0. The van der Waals surface area contributed by atoms with Gasteiger partial charge in [-0.25, -0.2) is 0 Å². The minimum atomic E-state index is 0.255. The molecule has 32 heavy (non-hydrogen) atoms. The smallest absolute Gasteiger partial charge is 0.236 e. The van der Waals surface area contributed by atoms with Crippen LogP contribution in [-0.2, 0) is 24.3 Å². The minimum absolute atomic E-state index is 0.255. The van der Waals surface area contributed by atoms with Crippen molar-refractivity contribution in [2.45, 2.75) is 39.3 Å². The lowest BCUT2D eigenvalue weighted by molar-refractivity contribution is -0.134. The number of piperidine rings is 1. The molecule has 1 heterocycles. The third-order valence-corrected chi connectivity index (χ3v) is 6.47. The van der Waals surface area contributed by atoms with Crippen molar-refractivity contribution in [3.05, 3.63) is 107 Å². The van der Waals surface area contributed by atoms with E-state index in [9.17, 15) is 4.79 Å². The predicted octanol–water partition coefficient (Wildman–Crippen LogP) is 5.48. The molecule has 0 atom stereocenters. The molecule has 1 fully saturated rings. The molecule has 1 saturated heterocycles. The van der Waals surface area contributed by atoms with E-state index in [1.54, 1.807) is 0 Å². The topological polar surface area (TPSA) is 23.6 Å². The number of amides is 1. The van der Waals surface area contributed by atoms with Gasteiger partial charge < -0.3 is 4.90 Å². The molecular formula is C29H34N2O. The molecule has 1 aliphatic rings. The molecule has 0 unspecified atom stereocenters. The number of likely N-dealkylation sites (tertiary alicyclic amines) is 1. The molecule has 0 saturated carbocycles. The van der Waals surface area contributed by atoms with Gasteiger partial charge in [-0.15, -0.1) is 0 Å². The molecule has 3 heteroatoms. The molecule has 3 aromatic rings. The summed E-state index contributed by atoms with van der Waals surface area (Å²) in [6.07, 6.45) is 3.31. The highest BCUT2D eigenvalue weighted by Gasteiger charge is 2.24. The van der Waals surface area contributed by atoms with Crippen LogP contribution in [0.4, 0.5) is 0 Å². The first-order valence-corrected chi connectivity index (χ1v) is 11.8. The Labute approximate surface area is 192 Å². The molecule has 0 bridgehead atoms. The van der Waals surface area contributed by atoms with Gasteiger partial charge in [-0.2, -0.15) is 0 Å². The van der Waals surface area contributed by atoms with Gasteiger partial charge in [0.2, 0.25) is 5.91 Å². The summed E-state index contributed by atoms with van der Waals surface area (Å²) in [7, 11) is 0. The Kier molecular flexibility index (Phi) is 7.73. The Bertz CT molecular complexity index is 920. The maximum Gasteiger partial charge on any atom is 0.236 e. The van der Waals surface area contributed by atoms with Crippen LogP contribution >= 0.6 is 0 Å². The first kappa shape index (κ1) is 22.3. The van der Waals surface area contributed by atoms with Gasteiger partial charge in [0.05, 0.1) is 6.54 Å². The number of benzene rings is 3. The predicted molar refractivity (Wildman–Crippen MR) is 131 cm³/mol. The zero-order valence-electron chi connectivity index (χ0n) is 19.1. The zero-order valence-corrected chi connectivity index (χ0v) is 19.1. The summed E-state index contributed by atoms with van der Waals surface area (Å²) in [5, 5.41) is 0. The van der Waals surface area contributed by atoms with Crippen LogP contribution in [0, 0.1) is 12.8 Å². The number of carbonyl (C=O) groups is 1. The van der Waals surface area contributed by atoms with Crippen molar-refractivity contribution in [1.82, 2.24) is 9.80 Å².